The molecule has 0 radical (unpaired) electrons. The van der Waals surface area contributed by atoms with E-state index in [2.05, 4.69) is 25.6 Å². The molecular weight excluding hydrogens is 331 g/mol. The molecule has 0 aliphatic carbocycles. The van der Waals surface area contributed by atoms with Gasteiger partial charge in [-0.2, -0.15) is 18.2 Å². The fourth-order valence-electron chi connectivity index (χ4n) is 2.08. The average molecular weight is 345 g/mol. The van der Waals surface area contributed by atoms with Gasteiger partial charge in [-0.1, -0.05) is 0 Å². The first kappa shape index (κ1) is 16.7. The maximum absolute atomic E-state index is 12.6. The van der Waals surface area contributed by atoms with Gasteiger partial charge in [0.25, 0.3) is 0 Å². The molecule has 0 saturated heterocycles. The first-order valence-electron chi connectivity index (χ1n) is 7.41. The van der Waals surface area contributed by atoms with Gasteiger partial charge in [0.2, 0.25) is 5.95 Å². The van der Waals surface area contributed by atoms with E-state index in [1.165, 1.54) is 12.1 Å². The highest BCUT2D eigenvalue weighted by atomic mass is 19.4. The Morgan fingerprint density at radius 1 is 0.880 bits per heavy atom. The van der Waals surface area contributed by atoms with E-state index in [1.54, 1.807) is 24.7 Å². The molecule has 0 amide bonds. The predicted octanol–water partition coefficient (Wildman–Crippen LogP) is 4.25. The number of pyridine rings is 1. The van der Waals surface area contributed by atoms with Crippen molar-refractivity contribution in [3.05, 3.63) is 72.2 Å². The zero-order valence-corrected chi connectivity index (χ0v) is 13.0. The number of aromatic nitrogens is 3. The van der Waals surface area contributed by atoms with E-state index in [0.29, 0.717) is 24.0 Å². The molecule has 0 unspecified atom stereocenters. The minimum atomic E-state index is -4.36. The van der Waals surface area contributed by atoms with Crippen LogP contribution in [0.5, 0.6) is 0 Å². The molecule has 0 aliphatic rings. The van der Waals surface area contributed by atoms with Crippen LogP contribution in [0.2, 0.25) is 0 Å². The predicted molar refractivity (Wildman–Crippen MR) is 88.3 cm³/mol. The van der Waals surface area contributed by atoms with Crippen LogP contribution in [0.4, 0.5) is 30.6 Å². The topological polar surface area (TPSA) is 62.7 Å². The number of rotatable bonds is 5. The zero-order chi connectivity index (χ0) is 17.7. The summed E-state index contributed by atoms with van der Waals surface area (Å²) in [5.41, 5.74) is 0.817. The lowest BCUT2D eigenvalue weighted by Crippen LogP contribution is -2.05. The van der Waals surface area contributed by atoms with Crippen molar-refractivity contribution in [1.82, 2.24) is 15.0 Å². The quantitative estimate of drug-likeness (QED) is 0.724. The summed E-state index contributed by atoms with van der Waals surface area (Å²) in [4.78, 5) is 12.3. The number of nitrogens with zero attached hydrogens (tertiary/aromatic N) is 3. The van der Waals surface area contributed by atoms with Crippen LogP contribution in [0, 0.1) is 0 Å². The van der Waals surface area contributed by atoms with E-state index < -0.39 is 11.7 Å². The Hall–Kier alpha value is -3.16. The molecule has 3 rings (SSSR count). The third kappa shape index (κ3) is 4.66. The number of hydrogen-bond acceptors (Lipinski definition) is 5. The number of anilines is 3. The number of benzene rings is 1. The summed E-state index contributed by atoms with van der Waals surface area (Å²) in [5, 5.41) is 6.03. The van der Waals surface area contributed by atoms with Crippen molar-refractivity contribution < 1.29 is 13.2 Å². The van der Waals surface area contributed by atoms with E-state index >= 15 is 0 Å². The molecular formula is C17H14F3N5. The van der Waals surface area contributed by atoms with Gasteiger partial charge in [0.1, 0.15) is 5.82 Å². The van der Waals surface area contributed by atoms with Gasteiger partial charge in [-0.15, -0.1) is 0 Å². The Morgan fingerprint density at radius 2 is 1.60 bits per heavy atom. The minimum absolute atomic E-state index is 0.291. The van der Waals surface area contributed by atoms with E-state index in [9.17, 15) is 13.2 Å². The molecule has 8 heteroatoms. The van der Waals surface area contributed by atoms with Crippen molar-refractivity contribution in [1.29, 1.82) is 0 Å². The summed E-state index contributed by atoms with van der Waals surface area (Å²) in [6.07, 6.45) is 0.614. The zero-order valence-electron chi connectivity index (χ0n) is 13.0. The molecule has 0 aliphatic heterocycles. The number of alkyl halides is 3. The van der Waals surface area contributed by atoms with Crippen LogP contribution in [0.3, 0.4) is 0 Å². The van der Waals surface area contributed by atoms with Crippen LogP contribution in [-0.4, -0.2) is 15.0 Å². The van der Waals surface area contributed by atoms with Crippen molar-refractivity contribution in [3.8, 4) is 0 Å². The lowest BCUT2D eigenvalue weighted by atomic mass is 10.2. The van der Waals surface area contributed by atoms with E-state index in [0.717, 1.165) is 17.7 Å². The number of hydrogen-bond donors (Lipinski definition) is 2. The average Bonchev–Trinajstić information content (AvgIpc) is 2.61. The smallest absolute Gasteiger partial charge is 0.366 e. The van der Waals surface area contributed by atoms with Crippen molar-refractivity contribution in [2.45, 2.75) is 12.7 Å². The SMILES string of the molecule is FC(F)(F)c1ccc(Nc2nccc(NCc3ccncc3)n2)cc1. The second kappa shape index (κ2) is 7.16. The molecule has 0 fully saturated rings. The third-order valence-corrected chi connectivity index (χ3v) is 3.35. The Labute approximate surface area is 142 Å². The number of halogens is 3. The molecule has 2 N–H and O–H groups in total. The molecule has 5 nitrogen and oxygen atoms in total. The molecule has 2 heterocycles. The normalized spacial score (nSPS) is 11.2. The molecule has 2 aromatic heterocycles. The molecule has 128 valence electrons. The highest BCUT2D eigenvalue weighted by Gasteiger charge is 2.29. The molecule has 1 aromatic carbocycles. The van der Waals surface area contributed by atoms with Gasteiger partial charge in [-0.25, -0.2) is 4.98 Å². The van der Waals surface area contributed by atoms with Crippen LogP contribution in [0.15, 0.2) is 61.1 Å². The van der Waals surface area contributed by atoms with Crippen LogP contribution in [0.25, 0.3) is 0 Å². The number of nitrogens with one attached hydrogen (secondary N) is 2. The fourth-order valence-corrected chi connectivity index (χ4v) is 2.08. The first-order chi connectivity index (χ1) is 12.0. The van der Waals surface area contributed by atoms with Gasteiger partial charge < -0.3 is 10.6 Å². The Kier molecular flexibility index (Phi) is 4.78. The van der Waals surface area contributed by atoms with Crippen LogP contribution >= 0.6 is 0 Å². The highest BCUT2D eigenvalue weighted by molar-refractivity contribution is 5.55. The van der Waals surface area contributed by atoms with Gasteiger partial charge in [0, 0.05) is 30.8 Å². The summed E-state index contributed by atoms with van der Waals surface area (Å²) >= 11 is 0. The Morgan fingerprint density at radius 3 is 2.28 bits per heavy atom. The molecule has 0 spiro atoms. The molecule has 0 bridgehead atoms. The lowest BCUT2D eigenvalue weighted by molar-refractivity contribution is -0.137. The summed E-state index contributed by atoms with van der Waals surface area (Å²) < 4.78 is 37.7. The van der Waals surface area contributed by atoms with Crippen LogP contribution in [-0.2, 0) is 12.7 Å². The maximum atomic E-state index is 12.6. The molecule has 3 aromatic rings. The first-order valence-corrected chi connectivity index (χ1v) is 7.41. The second-order valence-electron chi connectivity index (χ2n) is 5.17. The lowest BCUT2D eigenvalue weighted by Gasteiger charge is -2.10. The van der Waals surface area contributed by atoms with E-state index in [-0.39, 0.29) is 0 Å². The molecule has 25 heavy (non-hydrogen) atoms. The van der Waals surface area contributed by atoms with Crippen molar-refractivity contribution in [2.24, 2.45) is 0 Å². The monoisotopic (exact) mass is 345 g/mol. The van der Waals surface area contributed by atoms with Gasteiger partial charge in [0.15, 0.2) is 0 Å². The highest BCUT2D eigenvalue weighted by Crippen LogP contribution is 2.30. The standard InChI is InChI=1S/C17H14F3N5/c18-17(19,20)13-1-3-14(4-2-13)24-16-22-10-7-15(25-16)23-11-12-5-8-21-9-6-12/h1-10H,11H2,(H2,22,23,24,25). The molecule has 0 saturated carbocycles. The summed E-state index contributed by atoms with van der Waals surface area (Å²) in [5.74, 6) is 0.890. The van der Waals surface area contributed by atoms with Gasteiger partial charge in [-0.3, -0.25) is 4.98 Å². The van der Waals surface area contributed by atoms with Gasteiger partial charge >= 0.3 is 6.18 Å². The van der Waals surface area contributed by atoms with E-state index in [1.807, 2.05) is 12.1 Å². The van der Waals surface area contributed by atoms with Crippen molar-refractivity contribution in [2.75, 3.05) is 10.6 Å². The van der Waals surface area contributed by atoms with Crippen LogP contribution in [0.1, 0.15) is 11.1 Å². The maximum Gasteiger partial charge on any atom is 0.416 e. The fraction of sp³-hybridized carbons (Fsp3) is 0.118. The molecule has 0 atom stereocenters. The second-order valence-corrected chi connectivity index (χ2v) is 5.17. The van der Waals surface area contributed by atoms with Gasteiger partial charge in [0.05, 0.1) is 5.56 Å². The van der Waals surface area contributed by atoms with Crippen molar-refractivity contribution >= 4 is 17.5 Å². The Balaban J connectivity index is 1.65. The third-order valence-electron chi connectivity index (χ3n) is 3.35. The largest absolute Gasteiger partial charge is 0.416 e. The summed E-state index contributed by atoms with van der Waals surface area (Å²) in [6.45, 7) is 0.569. The van der Waals surface area contributed by atoms with E-state index in [4.69, 9.17) is 0 Å². The van der Waals surface area contributed by atoms with Gasteiger partial charge in [-0.05, 0) is 48.0 Å². The van der Waals surface area contributed by atoms with Crippen LogP contribution < -0.4 is 10.6 Å². The Bertz CT molecular complexity index is 820. The minimum Gasteiger partial charge on any atom is -0.366 e. The summed E-state index contributed by atoms with van der Waals surface area (Å²) in [7, 11) is 0. The van der Waals surface area contributed by atoms with Crippen molar-refractivity contribution in [3.63, 3.8) is 0 Å². The summed E-state index contributed by atoms with van der Waals surface area (Å²) in [6, 6.07) is 10.2.